The van der Waals surface area contributed by atoms with Crippen molar-refractivity contribution in [1.82, 2.24) is 9.97 Å². The van der Waals surface area contributed by atoms with Gasteiger partial charge in [-0.25, -0.2) is 9.97 Å². The topological polar surface area (TPSA) is 58.0 Å². The number of aliphatic hydroxyl groups is 1. The highest BCUT2D eigenvalue weighted by Gasteiger charge is 2.25. The average molecular weight is 233 g/mol. The van der Waals surface area contributed by atoms with E-state index in [4.69, 9.17) is 0 Å². The van der Waals surface area contributed by atoms with E-state index in [2.05, 4.69) is 15.3 Å². The third-order valence-corrected chi connectivity index (χ3v) is 4.03. The molecule has 4 nitrogen and oxygen atoms in total. The molecule has 1 aromatic heterocycles. The SMILES string of the molecule is OC1CCCC1CNc1ncnc2c1CCC2. The highest BCUT2D eigenvalue weighted by Crippen LogP contribution is 2.28. The molecular weight excluding hydrogens is 214 g/mol. The second-order valence-corrected chi connectivity index (χ2v) is 5.14. The van der Waals surface area contributed by atoms with Gasteiger partial charge >= 0.3 is 0 Å². The molecule has 2 atom stereocenters. The summed E-state index contributed by atoms with van der Waals surface area (Å²) in [4.78, 5) is 8.65. The monoisotopic (exact) mass is 233 g/mol. The van der Waals surface area contributed by atoms with Crippen LogP contribution in [0.2, 0.25) is 0 Å². The van der Waals surface area contributed by atoms with Crippen molar-refractivity contribution in [3.63, 3.8) is 0 Å². The summed E-state index contributed by atoms with van der Waals surface area (Å²) in [6, 6.07) is 0. The lowest BCUT2D eigenvalue weighted by Gasteiger charge is -2.16. The molecule has 92 valence electrons. The van der Waals surface area contributed by atoms with Gasteiger partial charge in [-0.2, -0.15) is 0 Å². The van der Waals surface area contributed by atoms with Gasteiger partial charge in [-0.3, -0.25) is 0 Å². The van der Waals surface area contributed by atoms with E-state index in [0.29, 0.717) is 5.92 Å². The molecule has 0 bridgehead atoms. The fraction of sp³-hybridized carbons (Fsp3) is 0.692. The van der Waals surface area contributed by atoms with Crippen LogP contribution in [0.4, 0.5) is 5.82 Å². The van der Waals surface area contributed by atoms with Gasteiger partial charge in [0.05, 0.1) is 6.10 Å². The minimum Gasteiger partial charge on any atom is -0.393 e. The Bertz CT molecular complexity index is 408. The van der Waals surface area contributed by atoms with Crippen LogP contribution in [0.25, 0.3) is 0 Å². The van der Waals surface area contributed by atoms with Crippen LogP contribution in [0.1, 0.15) is 36.9 Å². The van der Waals surface area contributed by atoms with Crippen molar-refractivity contribution in [2.75, 3.05) is 11.9 Å². The summed E-state index contributed by atoms with van der Waals surface area (Å²) in [6.07, 6.45) is 8.11. The maximum absolute atomic E-state index is 9.79. The van der Waals surface area contributed by atoms with Gasteiger partial charge in [0.25, 0.3) is 0 Å². The summed E-state index contributed by atoms with van der Waals surface area (Å²) in [7, 11) is 0. The largest absolute Gasteiger partial charge is 0.393 e. The van der Waals surface area contributed by atoms with Crippen LogP contribution < -0.4 is 5.32 Å². The Morgan fingerprint density at radius 1 is 1.24 bits per heavy atom. The molecule has 3 rings (SSSR count). The molecule has 17 heavy (non-hydrogen) atoms. The fourth-order valence-corrected chi connectivity index (χ4v) is 3.00. The fourth-order valence-electron chi connectivity index (χ4n) is 3.00. The van der Waals surface area contributed by atoms with Crippen molar-refractivity contribution in [3.05, 3.63) is 17.6 Å². The van der Waals surface area contributed by atoms with Crippen molar-refractivity contribution in [3.8, 4) is 0 Å². The van der Waals surface area contributed by atoms with E-state index in [1.807, 2.05) is 0 Å². The van der Waals surface area contributed by atoms with Crippen molar-refractivity contribution in [2.24, 2.45) is 5.92 Å². The van der Waals surface area contributed by atoms with Crippen molar-refractivity contribution in [1.29, 1.82) is 0 Å². The van der Waals surface area contributed by atoms with Gasteiger partial charge in [0.2, 0.25) is 0 Å². The minimum atomic E-state index is -0.127. The summed E-state index contributed by atoms with van der Waals surface area (Å²) < 4.78 is 0. The number of hydrogen-bond acceptors (Lipinski definition) is 4. The molecule has 4 heteroatoms. The van der Waals surface area contributed by atoms with Crippen LogP contribution in [-0.2, 0) is 12.8 Å². The van der Waals surface area contributed by atoms with E-state index in [9.17, 15) is 5.11 Å². The predicted molar refractivity (Wildman–Crippen MR) is 65.9 cm³/mol. The third kappa shape index (κ3) is 2.14. The molecule has 1 saturated carbocycles. The molecule has 2 aliphatic carbocycles. The van der Waals surface area contributed by atoms with Gasteiger partial charge < -0.3 is 10.4 Å². The Kier molecular flexibility index (Phi) is 2.97. The molecule has 2 aliphatic rings. The maximum Gasteiger partial charge on any atom is 0.132 e. The molecule has 1 heterocycles. The molecule has 2 unspecified atom stereocenters. The highest BCUT2D eigenvalue weighted by atomic mass is 16.3. The number of fused-ring (bicyclic) bond motifs is 1. The van der Waals surface area contributed by atoms with E-state index >= 15 is 0 Å². The number of rotatable bonds is 3. The normalized spacial score (nSPS) is 27.1. The van der Waals surface area contributed by atoms with Crippen LogP contribution >= 0.6 is 0 Å². The number of hydrogen-bond donors (Lipinski definition) is 2. The molecule has 0 spiro atoms. The van der Waals surface area contributed by atoms with Gasteiger partial charge in [-0.1, -0.05) is 6.42 Å². The molecule has 0 amide bonds. The zero-order valence-electron chi connectivity index (χ0n) is 10.0. The third-order valence-electron chi connectivity index (χ3n) is 4.03. The summed E-state index contributed by atoms with van der Waals surface area (Å²) in [5.74, 6) is 1.38. The lowest BCUT2D eigenvalue weighted by atomic mass is 10.1. The standard InChI is InChI=1S/C13H19N3O/c17-12-6-1-3-9(12)7-14-13-10-4-2-5-11(10)15-8-16-13/h8-9,12,17H,1-7H2,(H,14,15,16). The molecule has 0 aliphatic heterocycles. The smallest absolute Gasteiger partial charge is 0.132 e. The summed E-state index contributed by atoms with van der Waals surface area (Å²) in [5, 5.41) is 13.2. The number of anilines is 1. The van der Waals surface area contributed by atoms with Crippen molar-refractivity contribution >= 4 is 5.82 Å². The van der Waals surface area contributed by atoms with E-state index < -0.39 is 0 Å². The number of aliphatic hydroxyl groups excluding tert-OH is 1. The molecule has 1 aromatic rings. The first-order valence-corrected chi connectivity index (χ1v) is 6.59. The Hall–Kier alpha value is -1.16. The first kappa shape index (κ1) is 11.0. The minimum absolute atomic E-state index is 0.127. The second-order valence-electron chi connectivity index (χ2n) is 5.14. The van der Waals surface area contributed by atoms with Crippen LogP contribution in [0.15, 0.2) is 6.33 Å². The van der Waals surface area contributed by atoms with Crippen LogP contribution in [0.5, 0.6) is 0 Å². The maximum atomic E-state index is 9.79. The Balaban J connectivity index is 1.67. The number of aryl methyl sites for hydroxylation is 1. The average Bonchev–Trinajstić information content (AvgIpc) is 2.95. The number of nitrogens with one attached hydrogen (secondary N) is 1. The first-order chi connectivity index (χ1) is 8.34. The quantitative estimate of drug-likeness (QED) is 0.831. The van der Waals surface area contributed by atoms with Crippen molar-refractivity contribution < 1.29 is 5.11 Å². The Labute approximate surface area is 101 Å². The molecule has 0 aromatic carbocycles. The Morgan fingerprint density at radius 3 is 3.00 bits per heavy atom. The Morgan fingerprint density at radius 2 is 2.18 bits per heavy atom. The summed E-state index contributed by atoms with van der Waals surface area (Å²) in [5.41, 5.74) is 2.49. The van der Waals surface area contributed by atoms with Crippen molar-refractivity contribution in [2.45, 2.75) is 44.6 Å². The van der Waals surface area contributed by atoms with Crippen LogP contribution in [-0.4, -0.2) is 27.7 Å². The zero-order valence-corrected chi connectivity index (χ0v) is 10.0. The number of nitrogens with zero attached hydrogens (tertiary/aromatic N) is 2. The molecular formula is C13H19N3O. The van der Waals surface area contributed by atoms with E-state index in [1.165, 1.54) is 17.7 Å². The van der Waals surface area contributed by atoms with E-state index in [-0.39, 0.29) is 6.10 Å². The first-order valence-electron chi connectivity index (χ1n) is 6.59. The lowest BCUT2D eigenvalue weighted by molar-refractivity contribution is 0.138. The van der Waals surface area contributed by atoms with Gasteiger partial charge in [-0.05, 0) is 32.1 Å². The lowest BCUT2D eigenvalue weighted by Crippen LogP contribution is -2.22. The van der Waals surface area contributed by atoms with Gasteiger partial charge in [0, 0.05) is 23.7 Å². The zero-order chi connectivity index (χ0) is 11.7. The van der Waals surface area contributed by atoms with E-state index in [0.717, 1.165) is 44.5 Å². The molecule has 0 radical (unpaired) electrons. The summed E-state index contributed by atoms with van der Waals surface area (Å²) in [6.45, 7) is 0.838. The van der Waals surface area contributed by atoms with Gasteiger partial charge in [-0.15, -0.1) is 0 Å². The van der Waals surface area contributed by atoms with Crippen LogP contribution in [0.3, 0.4) is 0 Å². The predicted octanol–water partition coefficient (Wildman–Crippen LogP) is 1.54. The van der Waals surface area contributed by atoms with Gasteiger partial charge in [0.1, 0.15) is 12.1 Å². The van der Waals surface area contributed by atoms with Gasteiger partial charge in [0.15, 0.2) is 0 Å². The highest BCUT2D eigenvalue weighted by molar-refractivity contribution is 5.47. The number of aromatic nitrogens is 2. The molecule has 2 N–H and O–H groups in total. The second kappa shape index (κ2) is 4.61. The van der Waals surface area contributed by atoms with E-state index in [1.54, 1.807) is 6.33 Å². The summed E-state index contributed by atoms with van der Waals surface area (Å²) >= 11 is 0. The molecule has 1 fully saturated rings. The molecule has 0 saturated heterocycles. The van der Waals surface area contributed by atoms with Crippen LogP contribution in [0, 0.1) is 5.92 Å².